The lowest BCUT2D eigenvalue weighted by atomic mass is 9.78. The molecule has 0 aliphatic heterocycles. The van der Waals surface area contributed by atoms with E-state index in [0.717, 1.165) is 25.7 Å². The Bertz CT molecular complexity index is 289. The molecule has 0 spiro atoms. The van der Waals surface area contributed by atoms with Gasteiger partial charge in [0.2, 0.25) is 5.91 Å². The van der Waals surface area contributed by atoms with E-state index in [1.807, 2.05) is 0 Å². The van der Waals surface area contributed by atoms with Crippen LogP contribution < -0.4 is 11.1 Å². The number of thiocarbonyl (C=S) groups is 1. The summed E-state index contributed by atoms with van der Waals surface area (Å²) in [7, 11) is 0. The Kier molecular flexibility index (Phi) is 6.82. The molecule has 0 aliphatic carbocycles. The van der Waals surface area contributed by atoms with Gasteiger partial charge in [0.1, 0.15) is 0 Å². The zero-order valence-corrected chi connectivity index (χ0v) is 13.2. The summed E-state index contributed by atoms with van der Waals surface area (Å²) >= 11 is 5.16. The first kappa shape index (κ1) is 17.4. The van der Waals surface area contributed by atoms with E-state index < -0.39 is 5.41 Å². The molecule has 0 rings (SSSR count). The lowest BCUT2D eigenvalue weighted by molar-refractivity contribution is -0.128. The van der Waals surface area contributed by atoms with Crippen LogP contribution in [0.25, 0.3) is 0 Å². The number of carbonyl (C=O) groups is 1. The quantitative estimate of drug-likeness (QED) is 0.700. The van der Waals surface area contributed by atoms with Crippen molar-refractivity contribution in [2.75, 3.05) is 6.54 Å². The van der Waals surface area contributed by atoms with E-state index in [2.05, 4.69) is 39.9 Å². The van der Waals surface area contributed by atoms with E-state index >= 15 is 0 Å². The van der Waals surface area contributed by atoms with Crippen molar-refractivity contribution in [3.05, 3.63) is 0 Å². The van der Waals surface area contributed by atoms with Gasteiger partial charge in [-0.15, -0.1) is 0 Å². The first-order chi connectivity index (χ1) is 8.19. The average Bonchev–Trinajstić information content (AvgIpc) is 2.24. The van der Waals surface area contributed by atoms with Crippen LogP contribution >= 0.6 is 12.2 Å². The van der Waals surface area contributed by atoms with Crippen LogP contribution in [0.2, 0.25) is 0 Å². The molecule has 3 nitrogen and oxygen atoms in total. The average molecular weight is 272 g/mol. The molecule has 0 aliphatic rings. The van der Waals surface area contributed by atoms with Gasteiger partial charge >= 0.3 is 0 Å². The van der Waals surface area contributed by atoms with Crippen molar-refractivity contribution in [2.24, 2.45) is 16.6 Å². The molecule has 3 N–H and O–H groups in total. The summed E-state index contributed by atoms with van der Waals surface area (Å²) in [6, 6.07) is 0. The number of carbonyl (C=O) groups excluding carboxylic acids is 1. The number of amides is 1. The highest BCUT2D eigenvalue weighted by Crippen LogP contribution is 2.31. The largest absolute Gasteiger partial charge is 0.392 e. The van der Waals surface area contributed by atoms with Crippen molar-refractivity contribution in [3.8, 4) is 0 Å². The van der Waals surface area contributed by atoms with Crippen LogP contribution in [0, 0.1) is 10.8 Å². The van der Waals surface area contributed by atoms with Crippen molar-refractivity contribution in [1.29, 1.82) is 0 Å². The highest BCUT2D eigenvalue weighted by molar-refractivity contribution is 7.80. The van der Waals surface area contributed by atoms with Crippen LogP contribution in [0.15, 0.2) is 0 Å². The Balaban J connectivity index is 4.94. The minimum absolute atomic E-state index is 0.00590. The van der Waals surface area contributed by atoms with Crippen LogP contribution in [-0.2, 0) is 4.79 Å². The summed E-state index contributed by atoms with van der Waals surface area (Å²) in [6.45, 7) is 11.0. The van der Waals surface area contributed by atoms with Crippen molar-refractivity contribution in [3.63, 3.8) is 0 Å². The second-order valence-corrected chi connectivity index (χ2v) is 6.63. The predicted molar refractivity (Wildman–Crippen MR) is 81.5 cm³/mol. The second kappa shape index (κ2) is 7.07. The molecule has 0 atom stereocenters. The van der Waals surface area contributed by atoms with E-state index in [1.54, 1.807) is 0 Å². The standard InChI is InChI=1S/C14H28N2OS/c1-6-8-14(9-7-2,11(15)18)12(17)16-10-13(3,4)5/h6-10H2,1-5H3,(H2,15,18)(H,16,17). The molecule has 0 radical (unpaired) electrons. The molecule has 0 bridgehead atoms. The zero-order valence-electron chi connectivity index (χ0n) is 12.4. The van der Waals surface area contributed by atoms with Gasteiger partial charge in [-0.25, -0.2) is 0 Å². The number of nitrogens with one attached hydrogen (secondary N) is 1. The fourth-order valence-electron chi connectivity index (χ4n) is 2.08. The van der Waals surface area contributed by atoms with E-state index in [-0.39, 0.29) is 11.3 Å². The van der Waals surface area contributed by atoms with Crippen LogP contribution in [0.4, 0.5) is 0 Å². The van der Waals surface area contributed by atoms with Crippen molar-refractivity contribution < 1.29 is 4.79 Å². The molecule has 18 heavy (non-hydrogen) atoms. The molecule has 0 aromatic rings. The fraction of sp³-hybridized carbons (Fsp3) is 0.857. The van der Waals surface area contributed by atoms with Gasteiger partial charge in [-0.05, 0) is 18.3 Å². The molecule has 0 unspecified atom stereocenters. The third-order valence-electron chi connectivity index (χ3n) is 3.04. The van der Waals surface area contributed by atoms with Gasteiger partial charge in [-0.2, -0.15) is 0 Å². The Labute approximate surface area is 117 Å². The number of hydrogen-bond donors (Lipinski definition) is 2. The Morgan fingerprint density at radius 1 is 1.17 bits per heavy atom. The highest BCUT2D eigenvalue weighted by Gasteiger charge is 2.39. The molecule has 0 fully saturated rings. The highest BCUT2D eigenvalue weighted by atomic mass is 32.1. The lowest BCUT2D eigenvalue weighted by Gasteiger charge is -2.32. The van der Waals surface area contributed by atoms with E-state index in [4.69, 9.17) is 18.0 Å². The van der Waals surface area contributed by atoms with Gasteiger partial charge in [-0.3, -0.25) is 4.79 Å². The molecule has 0 heterocycles. The monoisotopic (exact) mass is 272 g/mol. The van der Waals surface area contributed by atoms with Crippen molar-refractivity contribution >= 4 is 23.1 Å². The van der Waals surface area contributed by atoms with Gasteiger partial charge in [0.05, 0.1) is 10.4 Å². The molecule has 4 heteroatoms. The van der Waals surface area contributed by atoms with Crippen molar-refractivity contribution in [1.82, 2.24) is 5.32 Å². The summed E-state index contributed by atoms with van der Waals surface area (Å²) in [5.41, 5.74) is 5.26. The summed E-state index contributed by atoms with van der Waals surface area (Å²) in [6.07, 6.45) is 3.26. The molecular formula is C14H28N2OS. The van der Waals surface area contributed by atoms with Gasteiger partial charge in [-0.1, -0.05) is 59.7 Å². The van der Waals surface area contributed by atoms with E-state index in [0.29, 0.717) is 11.5 Å². The number of rotatable bonds is 7. The van der Waals surface area contributed by atoms with Crippen LogP contribution in [0.5, 0.6) is 0 Å². The molecule has 0 aromatic carbocycles. The van der Waals surface area contributed by atoms with Crippen LogP contribution in [0.1, 0.15) is 60.3 Å². The van der Waals surface area contributed by atoms with Crippen molar-refractivity contribution in [2.45, 2.75) is 60.3 Å². The molecule has 106 valence electrons. The fourth-order valence-corrected chi connectivity index (χ4v) is 2.38. The SMILES string of the molecule is CCCC(CCC)(C(=O)NCC(C)(C)C)C(N)=S. The summed E-state index contributed by atoms with van der Waals surface area (Å²) in [5.74, 6) is -0.00590. The lowest BCUT2D eigenvalue weighted by Crippen LogP contribution is -2.50. The topological polar surface area (TPSA) is 55.1 Å². The molecule has 0 saturated heterocycles. The number of hydrogen-bond acceptors (Lipinski definition) is 2. The summed E-state index contributed by atoms with van der Waals surface area (Å²) < 4.78 is 0. The Hall–Kier alpha value is -0.640. The minimum Gasteiger partial charge on any atom is -0.392 e. The molecule has 0 aromatic heterocycles. The van der Waals surface area contributed by atoms with Gasteiger partial charge in [0.25, 0.3) is 0 Å². The summed E-state index contributed by atoms with van der Waals surface area (Å²) in [5, 5.41) is 3.01. The van der Waals surface area contributed by atoms with Gasteiger partial charge in [0.15, 0.2) is 0 Å². The minimum atomic E-state index is -0.663. The van der Waals surface area contributed by atoms with Gasteiger partial charge < -0.3 is 11.1 Å². The molecule has 1 amide bonds. The van der Waals surface area contributed by atoms with E-state index in [1.165, 1.54) is 0 Å². The maximum atomic E-state index is 12.5. The maximum absolute atomic E-state index is 12.5. The third-order valence-corrected chi connectivity index (χ3v) is 3.43. The third kappa shape index (κ3) is 4.92. The number of nitrogens with two attached hydrogens (primary N) is 1. The van der Waals surface area contributed by atoms with Gasteiger partial charge in [0, 0.05) is 6.54 Å². The summed E-state index contributed by atoms with van der Waals surface area (Å²) in [4.78, 5) is 12.8. The maximum Gasteiger partial charge on any atom is 0.233 e. The molecular weight excluding hydrogens is 244 g/mol. The van der Waals surface area contributed by atoms with E-state index in [9.17, 15) is 4.79 Å². The second-order valence-electron chi connectivity index (χ2n) is 6.19. The van der Waals surface area contributed by atoms with Crippen LogP contribution in [-0.4, -0.2) is 17.4 Å². The first-order valence-electron chi connectivity index (χ1n) is 6.78. The molecule has 0 saturated carbocycles. The van der Waals surface area contributed by atoms with Crippen LogP contribution in [0.3, 0.4) is 0 Å². The normalized spacial score (nSPS) is 12.3. The Morgan fingerprint density at radius 3 is 1.89 bits per heavy atom. The Morgan fingerprint density at radius 2 is 1.61 bits per heavy atom. The smallest absolute Gasteiger partial charge is 0.233 e. The predicted octanol–water partition coefficient (Wildman–Crippen LogP) is 3.02. The first-order valence-corrected chi connectivity index (χ1v) is 7.18. The zero-order chi connectivity index (χ0) is 14.4.